The molecule has 1 aliphatic rings. The fraction of sp³-hybridized carbons (Fsp3) is 0.455. The summed E-state index contributed by atoms with van der Waals surface area (Å²) in [5.41, 5.74) is 0.886. The van der Waals surface area contributed by atoms with Gasteiger partial charge in [-0.2, -0.15) is 0 Å². The van der Waals surface area contributed by atoms with Crippen LogP contribution in [0.25, 0.3) is 10.9 Å². The lowest BCUT2D eigenvalue weighted by molar-refractivity contribution is -0.115. The van der Waals surface area contributed by atoms with Crippen molar-refractivity contribution in [1.82, 2.24) is 9.13 Å². The van der Waals surface area contributed by atoms with Crippen molar-refractivity contribution in [3.8, 4) is 0 Å². The number of benzene rings is 1. The molecule has 0 amide bonds. The fourth-order valence-corrected chi connectivity index (χ4v) is 4.93. The largest absolute Gasteiger partial charge is 0.331 e. The van der Waals surface area contributed by atoms with Crippen molar-refractivity contribution in [2.45, 2.75) is 53.0 Å². The molecule has 154 valence electrons. The monoisotopic (exact) mass is 414 g/mol. The summed E-state index contributed by atoms with van der Waals surface area (Å²) < 4.78 is 2.66. The summed E-state index contributed by atoms with van der Waals surface area (Å²) in [6.45, 7) is 5.94. The number of carbonyl (C=O) groups excluding carboxylic acids is 2. The van der Waals surface area contributed by atoms with E-state index in [2.05, 4.69) is 0 Å². The molecule has 1 heterocycles. The van der Waals surface area contributed by atoms with Crippen LogP contribution in [-0.2, 0) is 18.4 Å². The van der Waals surface area contributed by atoms with Gasteiger partial charge in [0.05, 0.1) is 16.5 Å². The number of Topliss-reactive ketones (excluding diaryl/α,β-unsaturated/α-hetero) is 2. The second kappa shape index (κ2) is 8.53. The van der Waals surface area contributed by atoms with E-state index in [1.807, 2.05) is 13.8 Å². The zero-order chi connectivity index (χ0) is 21.3. The number of allylic oxidation sites excluding steroid dienone is 2. The van der Waals surface area contributed by atoms with Crippen LogP contribution >= 0.6 is 11.8 Å². The van der Waals surface area contributed by atoms with Crippen molar-refractivity contribution in [1.29, 1.82) is 0 Å². The molecule has 0 bridgehead atoms. The molecule has 2 aromatic rings. The zero-order valence-corrected chi connectivity index (χ0v) is 18.1. The molecule has 0 aliphatic heterocycles. The molecule has 0 unspecified atom stereocenters. The minimum atomic E-state index is -0.385. The van der Waals surface area contributed by atoms with E-state index < -0.39 is 0 Å². The van der Waals surface area contributed by atoms with Crippen LogP contribution in [0.15, 0.2) is 32.2 Å². The third kappa shape index (κ3) is 3.64. The summed E-state index contributed by atoms with van der Waals surface area (Å²) in [6.07, 6.45) is 2.52. The molecule has 0 radical (unpaired) electrons. The molecule has 29 heavy (non-hydrogen) atoms. The Kier molecular flexibility index (Phi) is 6.27. The number of aryl methyl sites for hydroxylation is 2. The summed E-state index contributed by atoms with van der Waals surface area (Å²) in [7, 11) is 1.63. The molecule has 0 spiro atoms. The molecular formula is C22H26N2O4S. The standard InChI is InChI=1S/C22H26N2O4S/c1-5-12-24-21(27)18-13(3)14(10-11-15(18)23(4)22(24)28)20(26)19-16(25)8-7-9-17(19)29-6-2/h10-11H,5-9,12H2,1-4H3. The third-order valence-corrected chi connectivity index (χ3v) is 6.43. The van der Waals surface area contributed by atoms with Gasteiger partial charge in [-0.3, -0.25) is 23.5 Å². The van der Waals surface area contributed by atoms with Gasteiger partial charge in [0.25, 0.3) is 5.56 Å². The summed E-state index contributed by atoms with van der Waals surface area (Å²) in [4.78, 5) is 52.4. The quantitative estimate of drug-likeness (QED) is 0.535. The molecule has 0 saturated carbocycles. The van der Waals surface area contributed by atoms with Crippen molar-refractivity contribution < 1.29 is 9.59 Å². The normalized spacial score (nSPS) is 14.7. The predicted molar refractivity (Wildman–Crippen MR) is 117 cm³/mol. The lowest BCUT2D eigenvalue weighted by Gasteiger charge is -2.19. The Hall–Kier alpha value is -2.41. The number of carbonyl (C=O) groups is 2. The molecule has 0 saturated heterocycles. The van der Waals surface area contributed by atoms with Crippen molar-refractivity contribution in [2.75, 3.05) is 5.75 Å². The lowest BCUT2D eigenvalue weighted by Crippen LogP contribution is -2.39. The highest BCUT2D eigenvalue weighted by atomic mass is 32.2. The first-order valence-corrected chi connectivity index (χ1v) is 11.0. The number of nitrogens with zero attached hydrogens (tertiary/aromatic N) is 2. The predicted octanol–water partition coefficient (Wildman–Crippen LogP) is 3.36. The molecule has 0 N–H and O–H groups in total. The van der Waals surface area contributed by atoms with Gasteiger partial charge < -0.3 is 0 Å². The van der Waals surface area contributed by atoms with Gasteiger partial charge in [-0.25, -0.2) is 4.79 Å². The fourth-order valence-electron chi connectivity index (χ4n) is 3.94. The maximum absolute atomic E-state index is 13.4. The Morgan fingerprint density at radius 1 is 1.14 bits per heavy atom. The molecule has 1 aliphatic carbocycles. The second-order valence-electron chi connectivity index (χ2n) is 7.27. The van der Waals surface area contributed by atoms with Crippen LogP contribution in [0.5, 0.6) is 0 Å². The Morgan fingerprint density at radius 3 is 2.52 bits per heavy atom. The number of aromatic nitrogens is 2. The highest BCUT2D eigenvalue weighted by Gasteiger charge is 2.29. The number of thioether (sulfide) groups is 1. The van der Waals surface area contributed by atoms with E-state index >= 15 is 0 Å². The van der Waals surface area contributed by atoms with Crippen LogP contribution in [0.3, 0.4) is 0 Å². The molecule has 7 heteroatoms. The number of hydrogen-bond acceptors (Lipinski definition) is 5. The average molecular weight is 415 g/mol. The van der Waals surface area contributed by atoms with Gasteiger partial charge >= 0.3 is 5.69 Å². The Bertz CT molecular complexity index is 1150. The summed E-state index contributed by atoms with van der Waals surface area (Å²) in [5.74, 6) is 0.348. The number of fused-ring (bicyclic) bond motifs is 1. The van der Waals surface area contributed by atoms with Crippen LogP contribution < -0.4 is 11.2 Å². The highest BCUT2D eigenvalue weighted by Crippen LogP contribution is 2.33. The highest BCUT2D eigenvalue weighted by molar-refractivity contribution is 8.03. The van der Waals surface area contributed by atoms with E-state index in [1.165, 1.54) is 20.9 Å². The molecule has 3 rings (SSSR count). The van der Waals surface area contributed by atoms with E-state index in [9.17, 15) is 19.2 Å². The average Bonchev–Trinajstić information content (AvgIpc) is 2.69. The first-order chi connectivity index (χ1) is 13.8. The van der Waals surface area contributed by atoms with E-state index in [4.69, 9.17) is 0 Å². The molecule has 1 aromatic heterocycles. The van der Waals surface area contributed by atoms with Crippen molar-refractivity contribution in [2.24, 2.45) is 7.05 Å². The van der Waals surface area contributed by atoms with Crippen molar-refractivity contribution in [3.05, 3.63) is 54.6 Å². The minimum Gasteiger partial charge on any atom is -0.296 e. The van der Waals surface area contributed by atoms with Gasteiger partial charge in [0.2, 0.25) is 0 Å². The first kappa shape index (κ1) is 21.3. The number of hydrogen-bond donors (Lipinski definition) is 0. The van der Waals surface area contributed by atoms with Gasteiger partial charge in [0.15, 0.2) is 11.6 Å². The van der Waals surface area contributed by atoms with Crippen LogP contribution in [-0.4, -0.2) is 26.5 Å². The lowest BCUT2D eigenvalue weighted by atomic mass is 9.89. The smallest absolute Gasteiger partial charge is 0.296 e. The number of rotatable bonds is 6. The Labute approximate surface area is 173 Å². The number of ketones is 2. The van der Waals surface area contributed by atoms with Crippen LogP contribution in [0.4, 0.5) is 0 Å². The maximum Gasteiger partial charge on any atom is 0.331 e. The molecule has 1 aromatic carbocycles. The molecular weight excluding hydrogens is 388 g/mol. The Balaban J connectivity index is 2.27. The Morgan fingerprint density at radius 2 is 1.86 bits per heavy atom. The van der Waals surface area contributed by atoms with E-state index in [-0.39, 0.29) is 28.4 Å². The van der Waals surface area contributed by atoms with Gasteiger partial charge in [0.1, 0.15) is 0 Å². The van der Waals surface area contributed by atoms with Gasteiger partial charge in [0, 0.05) is 25.6 Å². The van der Waals surface area contributed by atoms with Crippen LogP contribution in [0.1, 0.15) is 55.5 Å². The van der Waals surface area contributed by atoms with E-state index in [1.54, 1.807) is 26.1 Å². The van der Waals surface area contributed by atoms with Gasteiger partial charge in [-0.05, 0) is 54.5 Å². The van der Waals surface area contributed by atoms with Crippen molar-refractivity contribution >= 4 is 34.2 Å². The van der Waals surface area contributed by atoms with E-state index in [0.29, 0.717) is 41.4 Å². The molecule has 0 atom stereocenters. The van der Waals surface area contributed by atoms with Crippen LogP contribution in [0.2, 0.25) is 0 Å². The topological polar surface area (TPSA) is 78.1 Å². The summed E-state index contributed by atoms with van der Waals surface area (Å²) in [6, 6.07) is 3.27. The second-order valence-corrected chi connectivity index (χ2v) is 8.63. The van der Waals surface area contributed by atoms with Crippen LogP contribution in [0, 0.1) is 6.92 Å². The minimum absolute atomic E-state index is 0.124. The third-order valence-electron chi connectivity index (χ3n) is 5.38. The summed E-state index contributed by atoms with van der Waals surface area (Å²) >= 11 is 1.54. The summed E-state index contributed by atoms with van der Waals surface area (Å²) in [5, 5.41) is 0.361. The molecule has 0 fully saturated rings. The SMILES string of the molecule is CCCn1c(=O)c2c(C)c(C(=O)C3=C(SCC)CCCC3=O)ccc2n(C)c1=O. The molecule has 6 nitrogen and oxygen atoms in total. The van der Waals surface area contributed by atoms with E-state index in [0.717, 1.165) is 23.5 Å². The van der Waals surface area contributed by atoms with Gasteiger partial charge in [-0.15, -0.1) is 11.8 Å². The zero-order valence-electron chi connectivity index (χ0n) is 17.3. The maximum atomic E-state index is 13.4. The first-order valence-electron chi connectivity index (χ1n) is 10.00. The van der Waals surface area contributed by atoms with Crippen molar-refractivity contribution in [3.63, 3.8) is 0 Å². The van der Waals surface area contributed by atoms with Gasteiger partial charge in [-0.1, -0.05) is 13.8 Å².